The third kappa shape index (κ3) is 5.57. The molecule has 1 fully saturated rings. The maximum atomic E-state index is 4.28. The van der Waals surface area contributed by atoms with E-state index in [1.807, 2.05) is 0 Å². The Balaban J connectivity index is 2.19. The molecule has 0 N–H and O–H groups in total. The van der Waals surface area contributed by atoms with Gasteiger partial charge in [-0.15, -0.1) is 0 Å². The minimum Gasteiger partial charge on any atom is -0.0996 e. The molecule has 0 radical (unpaired) electrons. The average molecular weight is 234 g/mol. The van der Waals surface area contributed by atoms with Crippen molar-refractivity contribution < 1.29 is 0 Å². The highest BCUT2D eigenvalue weighted by molar-refractivity contribution is 5.08. The predicted molar refractivity (Wildman–Crippen MR) is 78.1 cm³/mol. The molecule has 0 heteroatoms. The molecule has 0 nitrogen and oxygen atoms in total. The molecule has 0 aromatic heterocycles. The molecule has 0 amide bonds. The number of hydrogen-bond acceptors (Lipinski definition) is 0. The smallest absolute Gasteiger partial charge is 0.0201 e. The zero-order valence-corrected chi connectivity index (χ0v) is 12.5. The first-order chi connectivity index (χ1) is 7.78. The van der Waals surface area contributed by atoms with Crippen molar-refractivity contribution in [1.29, 1.82) is 0 Å². The topological polar surface area (TPSA) is 0 Å². The zero-order valence-electron chi connectivity index (χ0n) is 12.5. The summed E-state index contributed by atoms with van der Waals surface area (Å²) < 4.78 is 0. The van der Waals surface area contributed by atoms with Crippen molar-refractivity contribution in [3.63, 3.8) is 0 Å². The van der Waals surface area contributed by atoms with Crippen LogP contribution in [-0.2, 0) is 0 Å². The van der Waals surface area contributed by atoms with Gasteiger partial charge in [0.05, 0.1) is 0 Å². The van der Waals surface area contributed by atoms with Crippen LogP contribution in [-0.4, -0.2) is 0 Å². The van der Waals surface area contributed by atoms with Gasteiger partial charge in [-0.3, -0.25) is 0 Å². The molecule has 98 valence electrons. The number of hydrogen-bond donors (Lipinski definition) is 0. The van der Waals surface area contributed by atoms with Gasteiger partial charge in [0.25, 0.3) is 0 Å². The maximum Gasteiger partial charge on any atom is -0.0201 e. The fourth-order valence-corrected chi connectivity index (χ4v) is 2.85. The summed E-state index contributed by atoms with van der Waals surface area (Å²) in [5, 5.41) is 0. The molecule has 0 atom stereocenters. The lowest BCUT2D eigenvalue weighted by atomic mass is 9.65. The van der Waals surface area contributed by atoms with Crippen molar-refractivity contribution in [2.24, 2.45) is 17.3 Å². The SMILES string of the molecule is C=C(CCC=C(C)C)C1CC(CC(C)(C)C)C1. The summed E-state index contributed by atoms with van der Waals surface area (Å²) in [6.07, 6.45) is 8.87. The molecule has 0 bridgehead atoms. The third-order valence-corrected chi connectivity index (χ3v) is 3.73. The summed E-state index contributed by atoms with van der Waals surface area (Å²) in [5.41, 5.74) is 3.42. The van der Waals surface area contributed by atoms with Gasteiger partial charge in [0, 0.05) is 0 Å². The fraction of sp³-hybridized carbons (Fsp3) is 0.765. The number of rotatable bonds is 5. The van der Waals surface area contributed by atoms with Gasteiger partial charge < -0.3 is 0 Å². The molecule has 0 aromatic carbocycles. The van der Waals surface area contributed by atoms with E-state index >= 15 is 0 Å². The molecule has 0 unspecified atom stereocenters. The van der Waals surface area contributed by atoms with E-state index in [4.69, 9.17) is 0 Å². The second kappa shape index (κ2) is 5.89. The van der Waals surface area contributed by atoms with E-state index in [0.29, 0.717) is 5.41 Å². The van der Waals surface area contributed by atoms with Gasteiger partial charge >= 0.3 is 0 Å². The van der Waals surface area contributed by atoms with Crippen molar-refractivity contribution in [3.05, 3.63) is 23.8 Å². The van der Waals surface area contributed by atoms with Gasteiger partial charge in [-0.2, -0.15) is 0 Å². The molecule has 1 rings (SSSR count). The highest BCUT2D eigenvalue weighted by Crippen LogP contribution is 2.44. The monoisotopic (exact) mass is 234 g/mol. The molecule has 0 spiro atoms. The normalized spacial score (nSPS) is 24.1. The van der Waals surface area contributed by atoms with Crippen molar-refractivity contribution in [1.82, 2.24) is 0 Å². The lowest BCUT2D eigenvalue weighted by molar-refractivity contribution is 0.155. The summed E-state index contributed by atoms with van der Waals surface area (Å²) in [7, 11) is 0. The minimum atomic E-state index is 0.499. The van der Waals surface area contributed by atoms with Crippen LogP contribution in [0, 0.1) is 17.3 Å². The van der Waals surface area contributed by atoms with E-state index in [9.17, 15) is 0 Å². The lowest BCUT2D eigenvalue weighted by Gasteiger charge is -2.40. The summed E-state index contributed by atoms with van der Waals surface area (Å²) in [4.78, 5) is 0. The summed E-state index contributed by atoms with van der Waals surface area (Å²) in [6.45, 7) is 15.7. The molecule has 1 aliphatic rings. The first-order valence-electron chi connectivity index (χ1n) is 7.09. The predicted octanol–water partition coefficient (Wildman–Crippen LogP) is 5.75. The van der Waals surface area contributed by atoms with E-state index < -0.39 is 0 Å². The Morgan fingerprint density at radius 3 is 2.29 bits per heavy atom. The van der Waals surface area contributed by atoms with Crippen LogP contribution in [0.4, 0.5) is 0 Å². The van der Waals surface area contributed by atoms with Crippen LogP contribution in [0.2, 0.25) is 0 Å². The van der Waals surface area contributed by atoms with Crippen LogP contribution in [0.1, 0.15) is 66.7 Å². The first kappa shape index (κ1) is 14.5. The molecule has 0 saturated heterocycles. The van der Waals surface area contributed by atoms with Crippen molar-refractivity contribution in [2.45, 2.75) is 66.7 Å². The van der Waals surface area contributed by atoms with Crippen LogP contribution in [0.3, 0.4) is 0 Å². The third-order valence-electron chi connectivity index (χ3n) is 3.73. The van der Waals surface area contributed by atoms with Crippen molar-refractivity contribution in [2.75, 3.05) is 0 Å². The van der Waals surface area contributed by atoms with Gasteiger partial charge in [0.1, 0.15) is 0 Å². The molecule has 1 saturated carbocycles. The van der Waals surface area contributed by atoms with Gasteiger partial charge in [-0.1, -0.05) is 44.6 Å². The van der Waals surface area contributed by atoms with Crippen LogP contribution < -0.4 is 0 Å². The van der Waals surface area contributed by atoms with E-state index in [1.165, 1.54) is 43.3 Å². The molecular weight excluding hydrogens is 204 g/mol. The van der Waals surface area contributed by atoms with E-state index in [0.717, 1.165) is 11.8 Å². The Bertz CT molecular complexity index is 278. The molecule has 0 heterocycles. The Hall–Kier alpha value is -0.520. The van der Waals surface area contributed by atoms with Crippen LogP contribution in [0.25, 0.3) is 0 Å². The van der Waals surface area contributed by atoms with Gasteiger partial charge in [-0.25, -0.2) is 0 Å². The van der Waals surface area contributed by atoms with Gasteiger partial charge in [-0.05, 0) is 63.2 Å². The summed E-state index contributed by atoms with van der Waals surface area (Å²) >= 11 is 0. The van der Waals surface area contributed by atoms with Gasteiger partial charge in [0.2, 0.25) is 0 Å². The average Bonchev–Trinajstić information content (AvgIpc) is 2.08. The van der Waals surface area contributed by atoms with Crippen molar-refractivity contribution >= 4 is 0 Å². The standard InChI is InChI=1S/C17H30/c1-13(2)8-7-9-14(3)16-10-15(11-16)12-17(4,5)6/h8,15-16H,3,7,9-12H2,1-2,4-6H3. The fourth-order valence-electron chi connectivity index (χ4n) is 2.85. The van der Waals surface area contributed by atoms with E-state index in [1.54, 1.807) is 0 Å². The van der Waals surface area contributed by atoms with Gasteiger partial charge in [0.15, 0.2) is 0 Å². The Morgan fingerprint density at radius 1 is 1.24 bits per heavy atom. The quantitative estimate of drug-likeness (QED) is 0.531. The van der Waals surface area contributed by atoms with E-state index in [-0.39, 0.29) is 0 Å². The highest BCUT2D eigenvalue weighted by Gasteiger charge is 2.32. The van der Waals surface area contributed by atoms with Crippen LogP contribution in [0.15, 0.2) is 23.8 Å². The first-order valence-corrected chi connectivity index (χ1v) is 7.09. The maximum absolute atomic E-state index is 4.28. The van der Waals surface area contributed by atoms with Crippen molar-refractivity contribution in [3.8, 4) is 0 Å². The van der Waals surface area contributed by atoms with Crippen LogP contribution in [0.5, 0.6) is 0 Å². The zero-order chi connectivity index (χ0) is 13.1. The van der Waals surface area contributed by atoms with Crippen LogP contribution >= 0.6 is 0 Å². The molecule has 0 aromatic rings. The summed E-state index contributed by atoms with van der Waals surface area (Å²) in [6, 6.07) is 0. The van der Waals surface area contributed by atoms with E-state index in [2.05, 4.69) is 47.3 Å². The minimum absolute atomic E-state index is 0.499. The molecule has 17 heavy (non-hydrogen) atoms. The Labute approximate surface area is 108 Å². The second-order valence-corrected chi connectivity index (χ2v) is 7.28. The molecule has 1 aliphatic carbocycles. The molecular formula is C17H30. The number of allylic oxidation sites excluding steroid dienone is 3. The highest BCUT2D eigenvalue weighted by atomic mass is 14.4. The second-order valence-electron chi connectivity index (χ2n) is 7.28. The Morgan fingerprint density at radius 2 is 1.82 bits per heavy atom. The lowest BCUT2D eigenvalue weighted by Crippen LogP contribution is -2.28. The Kier molecular flexibility index (Phi) is 5.04. The summed E-state index contributed by atoms with van der Waals surface area (Å²) in [5.74, 6) is 1.79. The molecule has 0 aliphatic heterocycles. The largest absolute Gasteiger partial charge is 0.0996 e.